The third-order valence-corrected chi connectivity index (χ3v) is 7.17. The average Bonchev–Trinajstić information content (AvgIpc) is 2.87. The number of benzene rings is 1. The predicted molar refractivity (Wildman–Crippen MR) is 155 cm³/mol. The van der Waals surface area contributed by atoms with Crippen LogP contribution < -0.4 is 16.4 Å². The van der Waals surface area contributed by atoms with Gasteiger partial charge in [0.25, 0.3) is 0 Å². The molecule has 14 heteroatoms. The Hall–Kier alpha value is -2.45. The normalized spacial score (nSPS) is 20.6. The minimum Gasteiger partial charge on any atom is -0.382 e. The van der Waals surface area contributed by atoms with Crippen molar-refractivity contribution in [3.05, 3.63) is 34.9 Å². The van der Waals surface area contributed by atoms with Crippen molar-refractivity contribution in [1.82, 2.24) is 15.5 Å². The quantitative estimate of drug-likeness (QED) is 0.244. The maximum Gasteiger partial charge on any atom is 0.389 e. The lowest BCUT2D eigenvalue weighted by atomic mass is 9.82. The number of nitrogens with two attached hydrogens (primary N) is 1. The molecule has 3 amide bonds. The number of carbonyl (C=O) groups is 3. The number of methoxy groups -OCH3 is 1. The number of aliphatic hydroxyl groups is 1. The predicted octanol–water partition coefficient (Wildman–Crippen LogP) is 2.93. The lowest BCUT2D eigenvalue weighted by molar-refractivity contribution is -0.191. The van der Waals surface area contributed by atoms with Gasteiger partial charge >= 0.3 is 6.18 Å². The molecule has 0 aliphatic carbocycles. The van der Waals surface area contributed by atoms with Crippen molar-refractivity contribution in [3.8, 4) is 0 Å². The molecular weight excluding hydrogens is 593 g/mol. The molecule has 1 aromatic carbocycles. The highest BCUT2D eigenvalue weighted by Gasteiger charge is 2.44. The van der Waals surface area contributed by atoms with Gasteiger partial charge in [0.15, 0.2) is 6.29 Å². The van der Waals surface area contributed by atoms with Crippen molar-refractivity contribution in [2.24, 2.45) is 11.7 Å². The third kappa shape index (κ3) is 12.6. The van der Waals surface area contributed by atoms with E-state index < -0.39 is 72.2 Å². The Morgan fingerprint density at radius 1 is 1.16 bits per heavy atom. The van der Waals surface area contributed by atoms with Crippen LogP contribution in [0.1, 0.15) is 58.9 Å². The molecule has 0 aromatic heterocycles. The molecule has 1 saturated heterocycles. The van der Waals surface area contributed by atoms with Gasteiger partial charge in [0.05, 0.1) is 36.1 Å². The van der Waals surface area contributed by atoms with Crippen LogP contribution in [-0.4, -0.2) is 90.2 Å². The lowest BCUT2D eigenvalue weighted by Gasteiger charge is -2.45. The Labute approximate surface area is 255 Å². The minimum absolute atomic E-state index is 0.105. The standard InChI is InChI=1S/C29H44ClF3N4O6/c1-18(34)24(39)35-22(16-42-5)25(40)36-28(14-19-7-9-21(30)10-8-19)11-6-12-37(17-28)26(41)20(15-29(31,32)33)13-23(38)43-27(2,3)4/h7-10,18,20,22-23,38H,6,11-17,34H2,1-5H3,(H,35,39)(H,36,40)/t18-,20-,22?,23?,28+/m0/s1. The Balaban J connectivity index is 2.40. The van der Waals surface area contributed by atoms with Gasteiger partial charge in [-0.1, -0.05) is 23.7 Å². The first-order chi connectivity index (χ1) is 19.8. The second-order valence-electron chi connectivity index (χ2n) is 12.2. The third-order valence-electron chi connectivity index (χ3n) is 6.92. The van der Waals surface area contributed by atoms with Crippen molar-refractivity contribution in [1.29, 1.82) is 0 Å². The van der Waals surface area contributed by atoms with Crippen LogP contribution in [0.15, 0.2) is 24.3 Å². The summed E-state index contributed by atoms with van der Waals surface area (Å²) in [6.07, 6.45) is -7.27. The van der Waals surface area contributed by atoms with Crippen molar-refractivity contribution in [2.45, 2.75) is 95.5 Å². The number of ether oxygens (including phenoxy) is 2. The maximum absolute atomic E-state index is 13.6. The fourth-order valence-corrected chi connectivity index (χ4v) is 5.24. The van der Waals surface area contributed by atoms with Gasteiger partial charge in [-0.2, -0.15) is 13.2 Å². The van der Waals surface area contributed by atoms with E-state index in [1.165, 1.54) is 18.9 Å². The number of piperidine rings is 1. The number of alkyl halides is 3. The van der Waals surface area contributed by atoms with Gasteiger partial charge in [-0.25, -0.2) is 0 Å². The second kappa shape index (κ2) is 15.5. The number of aliphatic hydroxyl groups excluding tert-OH is 1. The second-order valence-corrected chi connectivity index (χ2v) is 12.6. The van der Waals surface area contributed by atoms with E-state index in [9.17, 15) is 32.7 Å². The summed E-state index contributed by atoms with van der Waals surface area (Å²) in [6, 6.07) is 4.86. The van der Waals surface area contributed by atoms with Crippen LogP contribution in [0.5, 0.6) is 0 Å². The largest absolute Gasteiger partial charge is 0.389 e. The van der Waals surface area contributed by atoms with E-state index in [4.69, 9.17) is 26.8 Å². The summed E-state index contributed by atoms with van der Waals surface area (Å²) in [6.45, 7) is 6.28. The highest BCUT2D eigenvalue weighted by Crippen LogP contribution is 2.33. The summed E-state index contributed by atoms with van der Waals surface area (Å²) in [5.41, 5.74) is 4.47. The Bertz CT molecular complexity index is 1080. The van der Waals surface area contributed by atoms with E-state index in [0.29, 0.717) is 17.9 Å². The van der Waals surface area contributed by atoms with E-state index in [0.717, 1.165) is 5.56 Å². The zero-order chi connectivity index (χ0) is 32.6. The molecule has 5 N–H and O–H groups in total. The molecule has 2 unspecified atom stereocenters. The van der Waals surface area contributed by atoms with Gasteiger partial charge in [0.2, 0.25) is 17.7 Å². The van der Waals surface area contributed by atoms with Crippen molar-refractivity contribution >= 4 is 29.3 Å². The summed E-state index contributed by atoms with van der Waals surface area (Å²) in [5, 5.41) is 16.4. The average molecular weight is 637 g/mol. The zero-order valence-corrected chi connectivity index (χ0v) is 26.1. The summed E-state index contributed by atoms with van der Waals surface area (Å²) in [5.74, 6) is -3.58. The van der Waals surface area contributed by atoms with Crippen LogP contribution >= 0.6 is 11.6 Å². The number of carbonyl (C=O) groups excluding carboxylic acids is 3. The molecule has 1 heterocycles. The summed E-state index contributed by atoms with van der Waals surface area (Å²) >= 11 is 6.05. The zero-order valence-electron chi connectivity index (χ0n) is 25.3. The molecule has 1 aliphatic rings. The molecule has 0 bridgehead atoms. The van der Waals surface area contributed by atoms with Crippen LogP contribution in [0.3, 0.4) is 0 Å². The molecule has 43 heavy (non-hydrogen) atoms. The van der Waals surface area contributed by atoms with E-state index >= 15 is 0 Å². The van der Waals surface area contributed by atoms with Gasteiger partial charge in [0, 0.05) is 31.6 Å². The number of nitrogens with zero attached hydrogens (tertiary/aromatic N) is 1. The molecule has 0 saturated carbocycles. The highest BCUT2D eigenvalue weighted by atomic mass is 35.5. The first-order valence-electron chi connectivity index (χ1n) is 14.2. The number of hydrogen-bond donors (Lipinski definition) is 4. The van der Waals surface area contributed by atoms with E-state index in [1.54, 1.807) is 45.0 Å². The molecule has 244 valence electrons. The van der Waals surface area contributed by atoms with Crippen molar-refractivity contribution < 1.29 is 42.1 Å². The van der Waals surface area contributed by atoms with Crippen LogP contribution in [-0.2, 0) is 30.3 Å². The molecule has 10 nitrogen and oxygen atoms in total. The fraction of sp³-hybridized carbons (Fsp3) is 0.690. The highest BCUT2D eigenvalue weighted by molar-refractivity contribution is 6.30. The van der Waals surface area contributed by atoms with Crippen molar-refractivity contribution in [3.63, 3.8) is 0 Å². The monoisotopic (exact) mass is 636 g/mol. The van der Waals surface area contributed by atoms with Gasteiger partial charge in [-0.3, -0.25) is 14.4 Å². The first-order valence-corrected chi connectivity index (χ1v) is 14.5. The van der Waals surface area contributed by atoms with E-state index in [1.807, 2.05) is 0 Å². The number of halogens is 4. The van der Waals surface area contributed by atoms with Crippen molar-refractivity contribution in [2.75, 3.05) is 26.8 Å². The molecule has 0 radical (unpaired) electrons. The number of amides is 3. The fourth-order valence-electron chi connectivity index (χ4n) is 5.11. The summed E-state index contributed by atoms with van der Waals surface area (Å²) < 4.78 is 51.2. The number of likely N-dealkylation sites (tertiary alicyclic amines) is 1. The molecule has 1 fully saturated rings. The SMILES string of the molecule is COCC(NC(=O)[C@H](C)N)C(=O)N[C@@]1(Cc2ccc(Cl)cc2)CCCN(C(=O)[C@@H](CC(O)OC(C)(C)C)CC(F)(F)F)C1. The number of rotatable bonds is 13. The van der Waals surface area contributed by atoms with Crippen LogP contribution in [0, 0.1) is 5.92 Å². The van der Waals surface area contributed by atoms with Crippen LogP contribution in [0.25, 0.3) is 0 Å². The lowest BCUT2D eigenvalue weighted by Crippen LogP contribution is -2.65. The molecule has 1 aliphatic heterocycles. The topological polar surface area (TPSA) is 143 Å². The van der Waals surface area contributed by atoms with Gasteiger partial charge < -0.3 is 35.8 Å². The Kier molecular flexibility index (Phi) is 13.3. The molecule has 0 spiro atoms. The Morgan fingerprint density at radius 2 is 1.79 bits per heavy atom. The number of nitrogens with one attached hydrogen (secondary N) is 2. The first kappa shape index (κ1) is 36.7. The van der Waals surface area contributed by atoms with Gasteiger partial charge in [-0.05, 0) is 64.7 Å². The van der Waals surface area contributed by atoms with Gasteiger partial charge in [0.1, 0.15) is 6.04 Å². The minimum atomic E-state index is -4.67. The molecule has 1 aromatic rings. The Morgan fingerprint density at radius 3 is 2.33 bits per heavy atom. The summed E-state index contributed by atoms with van der Waals surface area (Å²) in [4.78, 5) is 40.7. The summed E-state index contributed by atoms with van der Waals surface area (Å²) in [7, 11) is 1.36. The van der Waals surface area contributed by atoms with Crippen LogP contribution in [0.4, 0.5) is 13.2 Å². The molecular formula is C29H44ClF3N4O6. The number of hydrogen-bond acceptors (Lipinski definition) is 7. The smallest absolute Gasteiger partial charge is 0.382 e. The van der Waals surface area contributed by atoms with E-state index in [2.05, 4.69) is 10.6 Å². The molecule has 2 rings (SSSR count). The molecule has 5 atom stereocenters. The van der Waals surface area contributed by atoms with E-state index in [-0.39, 0.29) is 26.1 Å². The van der Waals surface area contributed by atoms with Crippen LogP contribution in [0.2, 0.25) is 5.02 Å². The maximum atomic E-state index is 13.6. The van der Waals surface area contributed by atoms with Gasteiger partial charge in [-0.15, -0.1) is 0 Å².